The number of ether oxygens (including phenoxy) is 1. The number of rotatable bonds is 8. The summed E-state index contributed by atoms with van der Waals surface area (Å²) in [6, 6.07) is 13.4. The Balaban J connectivity index is 2.21. The fourth-order valence-corrected chi connectivity index (χ4v) is 3.17. The molecule has 2 rings (SSSR count). The van der Waals surface area contributed by atoms with E-state index in [0.29, 0.717) is 22.2 Å². The summed E-state index contributed by atoms with van der Waals surface area (Å²) in [7, 11) is 0. The molecule has 0 aliphatic rings. The number of nitrogens with one attached hydrogen (secondary N) is 1. The maximum Gasteiger partial charge on any atom is 0.261 e. The first kappa shape index (κ1) is 24.0. The van der Waals surface area contributed by atoms with Crippen molar-refractivity contribution < 1.29 is 14.3 Å². The summed E-state index contributed by atoms with van der Waals surface area (Å²) in [5, 5.41) is 4.17. The zero-order valence-electron chi connectivity index (χ0n) is 17.7. The predicted octanol–water partition coefficient (Wildman–Crippen LogP) is 5.09. The molecule has 0 aliphatic carbocycles. The molecule has 0 fully saturated rings. The maximum absolute atomic E-state index is 13.1. The Morgan fingerprint density at radius 2 is 1.53 bits per heavy atom. The van der Waals surface area contributed by atoms with E-state index in [9.17, 15) is 9.59 Å². The van der Waals surface area contributed by atoms with Crippen LogP contribution in [0.2, 0.25) is 10.0 Å². The molecule has 0 aromatic heterocycles. The summed E-state index contributed by atoms with van der Waals surface area (Å²) < 4.78 is 5.63. The summed E-state index contributed by atoms with van der Waals surface area (Å²) in [6.07, 6.45) is 0.474. The molecule has 0 spiro atoms. The number of benzene rings is 2. The molecule has 0 heterocycles. The van der Waals surface area contributed by atoms with Crippen LogP contribution in [0.15, 0.2) is 48.5 Å². The Morgan fingerprint density at radius 3 is 2.03 bits per heavy atom. The third-order valence-corrected chi connectivity index (χ3v) is 4.83. The number of hydrogen-bond donors (Lipinski definition) is 1. The van der Waals surface area contributed by atoms with Crippen LogP contribution in [0.1, 0.15) is 39.7 Å². The van der Waals surface area contributed by atoms with Crippen molar-refractivity contribution in [2.45, 2.75) is 52.2 Å². The van der Waals surface area contributed by atoms with Crippen LogP contribution in [0.25, 0.3) is 0 Å². The molecule has 30 heavy (non-hydrogen) atoms. The molecule has 1 N–H and O–H groups in total. The summed E-state index contributed by atoms with van der Waals surface area (Å²) in [6.45, 7) is 7.70. The Labute approximate surface area is 188 Å². The number of amides is 2. The minimum atomic E-state index is -0.624. The molecular weight excluding hydrogens is 423 g/mol. The van der Waals surface area contributed by atoms with Gasteiger partial charge in [0.2, 0.25) is 5.91 Å². The summed E-state index contributed by atoms with van der Waals surface area (Å²) in [4.78, 5) is 27.6. The zero-order chi connectivity index (χ0) is 22.3. The summed E-state index contributed by atoms with van der Waals surface area (Å²) >= 11 is 11.9. The van der Waals surface area contributed by atoms with Gasteiger partial charge in [0.05, 0.1) is 0 Å². The zero-order valence-corrected chi connectivity index (χ0v) is 19.3. The highest BCUT2D eigenvalue weighted by molar-refractivity contribution is 6.30. The predicted molar refractivity (Wildman–Crippen MR) is 121 cm³/mol. The molecule has 5 nitrogen and oxygen atoms in total. The monoisotopic (exact) mass is 450 g/mol. The number of carbonyl (C=O) groups is 2. The van der Waals surface area contributed by atoms with E-state index in [4.69, 9.17) is 27.9 Å². The standard InChI is InChI=1S/C23H28Cl2N2O3/c1-5-20(22(29)26-23(2,3)4)27(14-16-6-8-17(24)9-7-16)21(28)15-30-19-12-10-18(25)11-13-19/h6-13,20H,5,14-15H2,1-4H3,(H,26,29)/t20-/m1/s1. The van der Waals surface area contributed by atoms with Gasteiger partial charge in [0, 0.05) is 22.1 Å². The van der Waals surface area contributed by atoms with Crippen molar-refractivity contribution in [3.63, 3.8) is 0 Å². The van der Waals surface area contributed by atoms with E-state index >= 15 is 0 Å². The van der Waals surface area contributed by atoms with E-state index in [1.807, 2.05) is 39.8 Å². The van der Waals surface area contributed by atoms with Crippen molar-refractivity contribution in [2.75, 3.05) is 6.61 Å². The second-order valence-corrected chi connectivity index (χ2v) is 8.93. The van der Waals surface area contributed by atoms with Crippen molar-refractivity contribution in [2.24, 2.45) is 0 Å². The molecule has 1 atom stereocenters. The fraction of sp³-hybridized carbons (Fsp3) is 0.391. The number of hydrogen-bond acceptors (Lipinski definition) is 3. The molecular formula is C23H28Cl2N2O3. The molecule has 0 bridgehead atoms. The molecule has 0 saturated heterocycles. The van der Waals surface area contributed by atoms with Gasteiger partial charge in [0.15, 0.2) is 6.61 Å². The summed E-state index contributed by atoms with van der Waals surface area (Å²) in [5.74, 6) is 0.0565. The lowest BCUT2D eigenvalue weighted by Gasteiger charge is -2.33. The van der Waals surface area contributed by atoms with Crippen LogP contribution in [0.4, 0.5) is 0 Å². The molecule has 0 radical (unpaired) electrons. The van der Waals surface area contributed by atoms with Gasteiger partial charge in [-0.05, 0) is 69.2 Å². The van der Waals surface area contributed by atoms with Crippen molar-refractivity contribution in [3.05, 3.63) is 64.1 Å². The van der Waals surface area contributed by atoms with Crippen LogP contribution in [-0.2, 0) is 16.1 Å². The molecule has 2 aromatic carbocycles. The van der Waals surface area contributed by atoms with Gasteiger partial charge in [0.25, 0.3) is 5.91 Å². The van der Waals surface area contributed by atoms with E-state index in [-0.39, 0.29) is 25.0 Å². The van der Waals surface area contributed by atoms with Gasteiger partial charge < -0.3 is 15.0 Å². The van der Waals surface area contributed by atoms with Crippen LogP contribution >= 0.6 is 23.2 Å². The highest BCUT2D eigenvalue weighted by atomic mass is 35.5. The van der Waals surface area contributed by atoms with E-state index in [1.165, 1.54) is 0 Å². The average Bonchev–Trinajstić information content (AvgIpc) is 2.67. The molecule has 0 saturated carbocycles. The Bertz CT molecular complexity index is 846. The minimum absolute atomic E-state index is 0.186. The van der Waals surface area contributed by atoms with Crippen molar-refractivity contribution in [3.8, 4) is 5.75 Å². The molecule has 2 amide bonds. The minimum Gasteiger partial charge on any atom is -0.484 e. The fourth-order valence-electron chi connectivity index (χ4n) is 2.92. The normalized spacial score (nSPS) is 12.2. The lowest BCUT2D eigenvalue weighted by atomic mass is 10.1. The summed E-state index contributed by atoms with van der Waals surface area (Å²) in [5.41, 5.74) is 0.473. The van der Waals surface area contributed by atoms with Crippen LogP contribution in [0.3, 0.4) is 0 Å². The first-order valence-electron chi connectivity index (χ1n) is 9.83. The first-order valence-corrected chi connectivity index (χ1v) is 10.6. The highest BCUT2D eigenvalue weighted by Crippen LogP contribution is 2.18. The van der Waals surface area contributed by atoms with Gasteiger partial charge >= 0.3 is 0 Å². The van der Waals surface area contributed by atoms with Crippen LogP contribution < -0.4 is 10.1 Å². The van der Waals surface area contributed by atoms with E-state index < -0.39 is 11.6 Å². The van der Waals surface area contributed by atoms with Crippen LogP contribution in [0, 0.1) is 0 Å². The lowest BCUT2D eigenvalue weighted by molar-refractivity contribution is -0.143. The average molecular weight is 451 g/mol. The van der Waals surface area contributed by atoms with Crippen molar-refractivity contribution >= 4 is 35.0 Å². The lowest BCUT2D eigenvalue weighted by Crippen LogP contribution is -2.54. The second-order valence-electron chi connectivity index (χ2n) is 8.05. The van der Waals surface area contributed by atoms with Crippen molar-refractivity contribution in [1.82, 2.24) is 10.2 Å². The van der Waals surface area contributed by atoms with Crippen LogP contribution in [-0.4, -0.2) is 34.9 Å². The van der Waals surface area contributed by atoms with Gasteiger partial charge in [0.1, 0.15) is 11.8 Å². The van der Waals surface area contributed by atoms with Gasteiger partial charge in [-0.1, -0.05) is 42.3 Å². The second kappa shape index (κ2) is 10.7. The van der Waals surface area contributed by atoms with Gasteiger partial charge in [-0.2, -0.15) is 0 Å². The topological polar surface area (TPSA) is 58.6 Å². The van der Waals surface area contributed by atoms with Gasteiger partial charge in [-0.25, -0.2) is 0 Å². The number of halogens is 2. The first-order chi connectivity index (χ1) is 14.1. The van der Waals surface area contributed by atoms with E-state index in [2.05, 4.69) is 5.32 Å². The Morgan fingerprint density at radius 1 is 1.00 bits per heavy atom. The molecule has 7 heteroatoms. The molecule has 2 aromatic rings. The number of nitrogens with zero attached hydrogens (tertiary/aromatic N) is 1. The molecule has 0 unspecified atom stereocenters. The third kappa shape index (κ3) is 7.54. The number of carbonyl (C=O) groups excluding carboxylic acids is 2. The third-order valence-electron chi connectivity index (χ3n) is 4.33. The SMILES string of the molecule is CC[C@H](C(=O)NC(C)(C)C)N(Cc1ccc(Cl)cc1)C(=O)COc1ccc(Cl)cc1. The smallest absolute Gasteiger partial charge is 0.261 e. The van der Waals surface area contributed by atoms with E-state index in [1.54, 1.807) is 41.3 Å². The largest absolute Gasteiger partial charge is 0.484 e. The molecule has 162 valence electrons. The van der Waals surface area contributed by atoms with Crippen molar-refractivity contribution in [1.29, 1.82) is 0 Å². The quantitative estimate of drug-likeness (QED) is 0.608. The van der Waals surface area contributed by atoms with E-state index in [0.717, 1.165) is 5.56 Å². The van der Waals surface area contributed by atoms with Gasteiger partial charge in [-0.3, -0.25) is 9.59 Å². The van der Waals surface area contributed by atoms with Crippen LogP contribution in [0.5, 0.6) is 5.75 Å². The van der Waals surface area contributed by atoms with Gasteiger partial charge in [-0.15, -0.1) is 0 Å². The maximum atomic E-state index is 13.1. The Hall–Kier alpha value is -2.24. The Kier molecular flexibility index (Phi) is 8.56. The molecule has 0 aliphatic heterocycles. The highest BCUT2D eigenvalue weighted by Gasteiger charge is 2.30.